The highest BCUT2D eigenvalue weighted by atomic mass is 19.4. The standard InChI is InChI=1S/C25H26F3N5O2/c1-13(14-2-3-14)33-12-16-8-15(4-5-18(16)22(33)34)19-9-30-21(29)20(31-19)17-10-32(11-17)23(35)24(6-7-24)25(26,27)28/h4-5,8-9,13-14,17H,2-3,6-7,10-12H2,1H3,(H2,29,30)/t13-/m0/s1. The van der Waals surface area contributed by atoms with E-state index in [-0.39, 0.29) is 49.6 Å². The van der Waals surface area contributed by atoms with Gasteiger partial charge in [-0.3, -0.25) is 9.59 Å². The molecule has 2 aliphatic carbocycles. The van der Waals surface area contributed by atoms with Gasteiger partial charge in [-0.15, -0.1) is 0 Å². The number of amides is 2. The van der Waals surface area contributed by atoms with E-state index < -0.39 is 17.5 Å². The highest BCUT2D eigenvalue weighted by Gasteiger charge is 2.70. The van der Waals surface area contributed by atoms with Crippen LogP contribution in [0.4, 0.5) is 19.0 Å². The first-order valence-electron chi connectivity index (χ1n) is 12.0. The van der Waals surface area contributed by atoms with Gasteiger partial charge in [0.05, 0.1) is 17.6 Å². The highest BCUT2D eigenvalue weighted by molar-refractivity contribution is 5.99. The minimum absolute atomic E-state index is 0.0570. The van der Waals surface area contributed by atoms with Crippen molar-refractivity contribution < 1.29 is 22.8 Å². The summed E-state index contributed by atoms with van der Waals surface area (Å²) in [6.45, 7) is 2.96. The van der Waals surface area contributed by atoms with Crippen LogP contribution in [0.15, 0.2) is 24.4 Å². The molecule has 0 radical (unpaired) electrons. The van der Waals surface area contributed by atoms with Crippen LogP contribution in [0.3, 0.4) is 0 Å². The summed E-state index contributed by atoms with van der Waals surface area (Å²) in [5.41, 5.74) is 7.37. The van der Waals surface area contributed by atoms with Crippen molar-refractivity contribution >= 4 is 17.6 Å². The Labute approximate surface area is 200 Å². The molecular weight excluding hydrogens is 459 g/mol. The fourth-order valence-electron chi connectivity index (χ4n) is 5.38. The summed E-state index contributed by atoms with van der Waals surface area (Å²) in [5.74, 6) is -0.262. The fraction of sp³-hybridized carbons (Fsp3) is 0.520. The second-order valence-corrected chi connectivity index (χ2v) is 10.4. The SMILES string of the molecule is C[C@@H](C1CC1)N1Cc2cc(-c3cnc(N)c(C4CN(C(=O)C5(C(F)(F)F)CC5)C4)n3)ccc2C1=O. The van der Waals surface area contributed by atoms with E-state index >= 15 is 0 Å². The molecule has 184 valence electrons. The average Bonchev–Trinajstić information content (AvgIpc) is 3.69. The van der Waals surface area contributed by atoms with Crippen molar-refractivity contribution in [3.05, 3.63) is 41.2 Å². The van der Waals surface area contributed by atoms with Crippen molar-refractivity contribution in [1.82, 2.24) is 19.8 Å². The largest absolute Gasteiger partial charge is 0.403 e. The van der Waals surface area contributed by atoms with E-state index in [9.17, 15) is 22.8 Å². The van der Waals surface area contributed by atoms with Crippen molar-refractivity contribution in [1.29, 1.82) is 0 Å². The summed E-state index contributed by atoms with van der Waals surface area (Å²) in [7, 11) is 0. The van der Waals surface area contributed by atoms with E-state index in [0.717, 1.165) is 24.0 Å². The van der Waals surface area contributed by atoms with Gasteiger partial charge in [-0.05, 0) is 56.2 Å². The van der Waals surface area contributed by atoms with E-state index in [2.05, 4.69) is 16.9 Å². The number of halogens is 3. The Morgan fingerprint density at radius 3 is 2.57 bits per heavy atom. The zero-order valence-electron chi connectivity index (χ0n) is 19.3. The lowest BCUT2D eigenvalue weighted by Crippen LogP contribution is -2.54. The molecule has 2 amide bonds. The van der Waals surface area contributed by atoms with Gasteiger partial charge in [0.1, 0.15) is 11.2 Å². The van der Waals surface area contributed by atoms with E-state index in [1.54, 1.807) is 6.20 Å². The third-order valence-corrected chi connectivity index (χ3v) is 8.12. The topological polar surface area (TPSA) is 92.4 Å². The van der Waals surface area contributed by atoms with Crippen molar-refractivity contribution in [2.75, 3.05) is 18.8 Å². The van der Waals surface area contributed by atoms with Crippen LogP contribution in [0.5, 0.6) is 0 Å². The Morgan fingerprint density at radius 2 is 1.94 bits per heavy atom. The number of rotatable bonds is 5. The molecule has 0 bridgehead atoms. The molecule has 2 aliphatic heterocycles. The summed E-state index contributed by atoms with van der Waals surface area (Å²) in [5, 5.41) is 0. The molecule has 1 aromatic heterocycles. The molecule has 6 rings (SSSR count). The van der Waals surface area contributed by atoms with Crippen molar-refractivity contribution in [3.63, 3.8) is 0 Å². The van der Waals surface area contributed by atoms with Gasteiger partial charge < -0.3 is 15.5 Å². The Kier molecular flexibility index (Phi) is 4.72. The molecule has 2 N–H and O–H groups in total. The molecule has 0 spiro atoms. The number of alkyl halides is 3. The predicted molar refractivity (Wildman–Crippen MR) is 121 cm³/mol. The minimum atomic E-state index is -4.52. The summed E-state index contributed by atoms with van der Waals surface area (Å²) in [4.78, 5) is 37.4. The first kappa shape index (κ1) is 22.3. The molecule has 10 heteroatoms. The number of anilines is 1. The van der Waals surface area contributed by atoms with Crippen molar-refractivity contribution in [2.24, 2.45) is 11.3 Å². The van der Waals surface area contributed by atoms with E-state index in [1.807, 2.05) is 23.1 Å². The zero-order chi connectivity index (χ0) is 24.7. The molecule has 2 aromatic rings. The minimum Gasteiger partial charge on any atom is -0.382 e. The molecule has 3 fully saturated rings. The monoisotopic (exact) mass is 485 g/mol. The second-order valence-electron chi connectivity index (χ2n) is 10.4. The van der Waals surface area contributed by atoms with Gasteiger partial charge in [0.15, 0.2) is 0 Å². The van der Waals surface area contributed by atoms with Gasteiger partial charge in [-0.1, -0.05) is 6.07 Å². The average molecular weight is 486 g/mol. The number of nitrogens with zero attached hydrogens (tertiary/aromatic N) is 4. The van der Waals surface area contributed by atoms with Crippen LogP contribution >= 0.6 is 0 Å². The highest BCUT2D eigenvalue weighted by Crippen LogP contribution is 2.59. The lowest BCUT2D eigenvalue weighted by molar-refractivity contribution is -0.201. The maximum absolute atomic E-state index is 13.3. The second kappa shape index (κ2) is 7.41. The van der Waals surface area contributed by atoms with Gasteiger partial charge >= 0.3 is 6.18 Å². The Bertz CT molecular complexity index is 1230. The van der Waals surface area contributed by atoms with Crippen LogP contribution in [0, 0.1) is 11.3 Å². The molecular formula is C25H26F3N5O2. The third-order valence-electron chi connectivity index (χ3n) is 8.12. The van der Waals surface area contributed by atoms with Gasteiger partial charge in [0.25, 0.3) is 5.91 Å². The number of fused-ring (bicyclic) bond motifs is 1. The maximum Gasteiger partial charge on any atom is 0.403 e. The molecule has 0 unspecified atom stereocenters. The zero-order valence-corrected chi connectivity index (χ0v) is 19.3. The smallest absolute Gasteiger partial charge is 0.382 e. The first-order chi connectivity index (χ1) is 16.6. The number of hydrogen-bond acceptors (Lipinski definition) is 5. The van der Waals surface area contributed by atoms with E-state index in [0.29, 0.717) is 29.4 Å². The summed E-state index contributed by atoms with van der Waals surface area (Å²) in [6, 6.07) is 5.83. The Morgan fingerprint density at radius 1 is 1.23 bits per heavy atom. The number of nitrogen functional groups attached to an aromatic ring is 1. The molecule has 35 heavy (non-hydrogen) atoms. The number of carbonyl (C=O) groups is 2. The number of likely N-dealkylation sites (tertiary alicyclic amines) is 1. The third kappa shape index (κ3) is 3.48. The molecule has 3 heterocycles. The van der Waals surface area contributed by atoms with Gasteiger partial charge in [-0.2, -0.15) is 13.2 Å². The van der Waals surface area contributed by atoms with Crippen LogP contribution < -0.4 is 5.73 Å². The Hall–Kier alpha value is -3.17. The fourth-order valence-corrected chi connectivity index (χ4v) is 5.38. The molecule has 1 atom stereocenters. The van der Waals surface area contributed by atoms with Gasteiger partial charge in [0, 0.05) is 42.7 Å². The van der Waals surface area contributed by atoms with Crippen LogP contribution in [0.25, 0.3) is 11.3 Å². The number of carbonyl (C=O) groups excluding carboxylic acids is 2. The molecule has 2 saturated carbocycles. The summed E-state index contributed by atoms with van der Waals surface area (Å²) < 4.78 is 39.9. The quantitative estimate of drug-likeness (QED) is 0.697. The summed E-state index contributed by atoms with van der Waals surface area (Å²) >= 11 is 0. The Balaban J connectivity index is 1.19. The molecule has 1 aromatic carbocycles. The normalized spacial score (nSPS) is 22.1. The van der Waals surface area contributed by atoms with Gasteiger partial charge in [-0.25, -0.2) is 9.97 Å². The lowest BCUT2D eigenvalue weighted by Gasteiger charge is -2.41. The van der Waals surface area contributed by atoms with Crippen molar-refractivity contribution in [3.8, 4) is 11.3 Å². The first-order valence-corrected chi connectivity index (χ1v) is 12.0. The molecule has 4 aliphatic rings. The van der Waals surface area contributed by atoms with Gasteiger partial charge in [0.2, 0.25) is 5.91 Å². The number of aromatic nitrogens is 2. The lowest BCUT2D eigenvalue weighted by atomic mass is 9.92. The van der Waals surface area contributed by atoms with Crippen LogP contribution in [0.1, 0.15) is 60.1 Å². The maximum atomic E-state index is 13.3. The van der Waals surface area contributed by atoms with Crippen LogP contribution in [0.2, 0.25) is 0 Å². The van der Waals surface area contributed by atoms with Crippen molar-refractivity contribution in [2.45, 2.75) is 57.3 Å². The molecule has 1 saturated heterocycles. The van der Waals surface area contributed by atoms with E-state index in [1.165, 1.54) is 4.90 Å². The number of benzene rings is 1. The number of nitrogens with two attached hydrogens (primary N) is 1. The summed E-state index contributed by atoms with van der Waals surface area (Å²) in [6.07, 6.45) is -0.923. The predicted octanol–water partition coefficient (Wildman–Crippen LogP) is 3.75. The molecule has 7 nitrogen and oxygen atoms in total. The van der Waals surface area contributed by atoms with E-state index in [4.69, 9.17) is 5.73 Å². The van der Waals surface area contributed by atoms with Crippen LogP contribution in [-0.4, -0.2) is 56.9 Å². The number of hydrogen-bond donors (Lipinski definition) is 1. The van der Waals surface area contributed by atoms with Crippen LogP contribution in [-0.2, 0) is 11.3 Å².